The summed E-state index contributed by atoms with van der Waals surface area (Å²) >= 11 is 0. The fourth-order valence-electron chi connectivity index (χ4n) is 2.36. The Kier molecular flexibility index (Phi) is 3.13. The molecule has 0 spiro atoms. The van der Waals surface area contributed by atoms with E-state index in [0.29, 0.717) is 18.8 Å². The van der Waals surface area contributed by atoms with Gasteiger partial charge in [-0.2, -0.15) is 0 Å². The van der Waals surface area contributed by atoms with Crippen LogP contribution in [0.1, 0.15) is 37.7 Å². The van der Waals surface area contributed by atoms with Gasteiger partial charge in [0.2, 0.25) is 0 Å². The molecule has 0 unspecified atom stereocenters. The number of ketones is 2. The van der Waals surface area contributed by atoms with Crippen LogP contribution < -0.4 is 0 Å². The van der Waals surface area contributed by atoms with Crippen LogP contribution in [0.3, 0.4) is 0 Å². The summed E-state index contributed by atoms with van der Waals surface area (Å²) in [6, 6.07) is 3.94. The number of Topliss-reactive ketones (excluding diaryl/α,β-unsaturated/α-hetero) is 2. The van der Waals surface area contributed by atoms with E-state index in [-0.39, 0.29) is 17.5 Å². The van der Waals surface area contributed by atoms with E-state index in [1.165, 1.54) is 12.5 Å². The number of carbonyl (C=O) groups is 2. The van der Waals surface area contributed by atoms with E-state index in [9.17, 15) is 9.59 Å². The molecule has 3 heteroatoms. The number of rotatable bonds is 2. The summed E-state index contributed by atoms with van der Waals surface area (Å²) < 4.78 is 0. The molecule has 84 valence electrons. The quantitative estimate of drug-likeness (QED) is 0.713. The standard InChI is InChI=1S/C13H15NO2/c1-9(15)12-8-11(2-3-13(12)16)10-4-6-14-7-5-10/h4-7,11-12H,2-3,8H2,1H3/t11-,12-/m1/s1. The molecule has 0 bridgehead atoms. The summed E-state index contributed by atoms with van der Waals surface area (Å²) in [6.45, 7) is 1.51. The van der Waals surface area contributed by atoms with E-state index in [4.69, 9.17) is 0 Å². The van der Waals surface area contributed by atoms with E-state index in [0.717, 1.165) is 6.42 Å². The van der Waals surface area contributed by atoms with Gasteiger partial charge in [0, 0.05) is 18.8 Å². The zero-order valence-electron chi connectivity index (χ0n) is 9.35. The summed E-state index contributed by atoms with van der Waals surface area (Å²) in [4.78, 5) is 26.9. The first-order chi connectivity index (χ1) is 7.68. The van der Waals surface area contributed by atoms with Crippen molar-refractivity contribution in [2.45, 2.75) is 32.1 Å². The maximum atomic E-state index is 11.6. The Morgan fingerprint density at radius 3 is 2.69 bits per heavy atom. The van der Waals surface area contributed by atoms with E-state index >= 15 is 0 Å². The van der Waals surface area contributed by atoms with Crippen molar-refractivity contribution in [1.29, 1.82) is 0 Å². The summed E-state index contributed by atoms with van der Waals surface area (Å²) in [5, 5.41) is 0. The first-order valence-corrected chi connectivity index (χ1v) is 5.61. The highest BCUT2D eigenvalue weighted by Crippen LogP contribution is 2.34. The van der Waals surface area contributed by atoms with Crippen LogP contribution >= 0.6 is 0 Å². The Morgan fingerprint density at radius 1 is 1.38 bits per heavy atom. The third-order valence-corrected chi connectivity index (χ3v) is 3.32. The summed E-state index contributed by atoms with van der Waals surface area (Å²) in [6.07, 6.45) is 5.56. The van der Waals surface area contributed by atoms with Gasteiger partial charge < -0.3 is 0 Å². The zero-order chi connectivity index (χ0) is 11.5. The fourth-order valence-corrected chi connectivity index (χ4v) is 2.36. The van der Waals surface area contributed by atoms with Gasteiger partial charge in [-0.1, -0.05) is 0 Å². The molecule has 0 radical (unpaired) electrons. The molecule has 2 rings (SSSR count). The van der Waals surface area contributed by atoms with Crippen molar-refractivity contribution in [2.24, 2.45) is 5.92 Å². The van der Waals surface area contributed by atoms with Gasteiger partial charge in [-0.25, -0.2) is 0 Å². The molecule has 1 saturated carbocycles. The molecule has 1 fully saturated rings. The lowest BCUT2D eigenvalue weighted by atomic mass is 9.76. The van der Waals surface area contributed by atoms with Gasteiger partial charge in [-0.15, -0.1) is 0 Å². The molecule has 1 aromatic rings. The largest absolute Gasteiger partial charge is 0.299 e. The average molecular weight is 217 g/mol. The molecule has 3 nitrogen and oxygen atoms in total. The molecule has 1 aromatic heterocycles. The van der Waals surface area contributed by atoms with Crippen molar-refractivity contribution in [3.8, 4) is 0 Å². The van der Waals surface area contributed by atoms with E-state index < -0.39 is 0 Å². The van der Waals surface area contributed by atoms with Gasteiger partial charge in [0.05, 0.1) is 5.92 Å². The second-order valence-corrected chi connectivity index (χ2v) is 4.38. The van der Waals surface area contributed by atoms with Crippen LogP contribution in [0.25, 0.3) is 0 Å². The van der Waals surface area contributed by atoms with Gasteiger partial charge >= 0.3 is 0 Å². The first kappa shape index (κ1) is 11.0. The van der Waals surface area contributed by atoms with Crippen LogP contribution in [0.5, 0.6) is 0 Å². The predicted molar refractivity (Wildman–Crippen MR) is 60.0 cm³/mol. The minimum absolute atomic E-state index is 0.00348. The highest BCUT2D eigenvalue weighted by molar-refractivity contribution is 6.01. The zero-order valence-corrected chi connectivity index (χ0v) is 9.35. The molecule has 0 aliphatic heterocycles. The van der Waals surface area contributed by atoms with Crippen LogP contribution in [0, 0.1) is 5.92 Å². The normalized spacial score (nSPS) is 25.4. The summed E-state index contributed by atoms with van der Waals surface area (Å²) in [7, 11) is 0. The number of hydrogen-bond acceptors (Lipinski definition) is 3. The van der Waals surface area contributed by atoms with E-state index in [1.54, 1.807) is 12.4 Å². The minimum atomic E-state index is -0.382. The van der Waals surface area contributed by atoms with Crippen molar-refractivity contribution in [3.63, 3.8) is 0 Å². The third kappa shape index (κ3) is 2.18. The number of hydrogen-bond donors (Lipinski definition) is 0. The van der Waals surface area contributed by atoms with Gasteiger partial charge in [-0.3, -0.25) is 14.6 Å². The molecular weight excluding hydrogens is 202 g/mol. The van der Waals surface area contributed by atoms with Crippen molar-refractivity contribution in [3.05, 3.63) is 30.1 Å². The molecular formula is C13H15NO2. The summed E-state index contributed by atoms with van der Waals surface area (Å²) in [5.41, 5.74) is 1.19. The Hall–Kier alpha value is -1.51. The molecule has 1 aliphatic rings. The lowest BCUT2D eigenvalue weighted by Crippen LogP contribution is -2.29. The van der Waals surface area contributed by atoms with Crippen LogP contribution in [-0.4, -0.2) is 16.6 Å². The number of aromatic nitrogens is 1. The Balaban J connectivity index is 2.15. The average Bonchev–Trinajstić information content (AvgIpc) is 2.30. The minimum Gasteiger partial charge on any atom is -0.299 e. The molecule has 2 atom stereocenters. The topological polar surface area (TPSA) is 47.0 Å². The smallest absolute Gasteiger partial charge is 0.143 e. The van der Waals surface area contributed by atoms with Crippen LogP contribution in [0.15, 0.2) is 24.5 Å². The van der Waals surface area contributed by atoms with E-state index in [2.05, 4.69) is 4.98 Å². The Labute approximate surface area is 94.9 Å². The number of carbonyl (C=O) groups excluding carboxylic acids is 2. The monoisotopic (exact) mass is 217 g/mol. The SMILES string of the molecule is CC(=O)[C@H]1C[C@H](c2ccncc2)CCC1=O. The summed E-state index contributed by atoms with van der Waals surface area (Å²) in [5.74, 6) is 0.0584. The van der Waals surface area contributed by atoms with Crippen LogP contribution in [0.4, 0.5) is 0 Å². The molecule has 0 saturated heterocycles. The lowest BCUT2D eigenvalue weighted by molar-refractivity contribution is -0.133. The fraction of sp³-hybridized carbons (Fsp3) is 0.462. The molecule has 1 heterocycles. The third-order valence-electron chi connectivity index (χ3n) is 3.32. The van der Waals surface area contributed by atoms with Crippen LogP contribution in [-0.2, 0) is 9.59 Å². The Bertz CT molecular complexity index is 400. The lowest BCUT2D eigenvalue weighted by Gasteiger charge is -2.26. The van der Waals surface area contributed by atoms with Gasteiger partial charge in [0.1, 0.15) is 11.6 Å². The molecule has 1 aliphatic carbocycles. The van der Waals surface area contributed by atoms with Gasteiger partial charge in [0.25, 0.3) is 0 Å². The maximum absolute atomic E-state index is 11.6. The van der Waals surface area contributed by atoms with Crippen molar-refractivity contribution in [2.75, 3.05) is 0 Å². The van der Waals surface area contributed by atoms with Crippen molar-refractivity contribution in [1.82, 2.24) is 4.98 Å². The van der Waals surface area contributed by atoms with Crippen molar-refractivity contribution >= 4 is 11.6 Å². The Morgan fingerprint density at radius 2 is 2.06 bits per heavy atom. The molecule has 0 N–H and O–H groups in total. The van der Waals surface area contributed by atoms with E-state index in [1.807, 2.05) is 12.1 Å². The second kappa shape index (κ2) is 4.56. The molecule has 0 amide bonds. The number of pyridine rings is 1. The molecule has 16 heavy (non-hydrogen) atoms. The highest BCUT2D eigenvalue weighted by Gasteiger charge is 2.32. The second-order valence-electron chi connectivity index (χ2n) is 4.38. The van der Waals surface area contributed by atoms with Crippen LogP contribution in [0.2, 0.25) is 0 Å². The van der Waals surface area contributed by atoms with Gasteiger partial charge in [-0.05, 0) is 43.4 Å². The van der Waals surface area contributed by atoms with Crippen molar-refractivity contribution < 1.29 is 9.59 Å². The first-order valence-electron chi connectivity index (χ1n) is 5.61. The maximum Gasteiger partial charge on any atom is 0.143 e. The molecule has 0 aromatic carbocycles. The highest BCUT2D eigenvalue weighted by atomic mass is 16.1. The number of nitrogens with zero attached hydrogens (tertiary/aromatic N) is 1. The predicted octanol–water partition coefficient (Wildman–Crippen LogP) is 2.12. The van der Waals surface area contributed by atoms with Gasteiger partial charge in [0.15, 0.2) is 0 Å².